The van der Waals surface area contributed by atoms with E-state index in [0.717, 1.165) is 5.69 Å². The van der Waals surface area contributed by atoms with Gasteiger partial charge in [0.1, 0.15) is 5.69 Å². The van der Waals surface area contributed by atoms with Gasteiger partial charge < -0.3 is 10.2 Å². The molecule has 2 amide bonds. The second kappa shape index (κ2) is 7.24. The van der Waals surface area contributed by atoms with Crippen LogP contribution in [0.5, 0.6) is 0 Å². The molecule has 1 aromatic rings. The van der Waals surface area contributed by atoms with Crippen LogP contribution in [0.4, 0.5) is 0 Å². The standard InChI is InChI=1S/C15H26N4O2/c1-7-19-13(9-12(17-19)10(2)3)15(21)18(6)11(4)8-14(20)16-5/h9-11H,7-8H2,1-6H3,(H,16,20). The Morgan fingerprint density at radius 3 is 2.48 bits per heavy atom. The van der Waals surface area contributed by atoms with Gasteiger partial charge in [-0.1, -0.05) is 13.8 Å². The van der Waals surface area contributed by atoms with E-state index in [4.69, 9.17) is 0 Å². The molecule has 1 atom stereocenters. The van der Waals surface area contributed by atoms with Crippen LogP contribution in [0.1, 0.15) is 56.2 Å². The number of hydrogen-bond donors (Lipinski definition) is 1. The Morgan fingerprint density at radius 1 is 1.38 bits per heavy atom. The van der Waals surface area contributed by atoms with Crippen LogP contribution in [0.3, 0.4) is 0 Å². The number of carbonyl (C=O) groups is 2. The molecule has 0 fully saturated rings. The highest BCUT2D eigenvalue weighted by Gasteiger charge is 2.23. The quantitative estimate of drug-likeness (QED) is 0.867. The van der Waals surface area contributed by atoms with E-state index >= 15 is 0 Å². The van der Waals surface area contributed by atoms with Crippen molar-refractivity contribution in [2.24, 2.45) is 0 Å². The zero-order valence-electron chi connectivity index (χ0n) is 13.8. The Labute approximate surface area is 126 Å². The Balaban J connectivity index is 2.94. The van der Waals surface area contributed by atoms with Gasteiger partial charge in [-0.3, -0.25) is 14.3 Å². The highest BCUT2D eigenvalue weighted by Crippen LogP contribution is 2.17. The summed E-state index contributed by atoms with van der Waals surface area (Å²) in [6, 6.07) is 1.68. The Hall–Kier alpha value is -1.85. The fourth-order valence-corrected chi connectivity index (χ4v) is 2.02. The fraction of sp³-hybridized carbons (Fsp3) is 0.667. The van der Waals surface area contributed by atoms with Crippen molar-refractivity contribution in [3.05, 3.63) is 17.5 Å². The molecule has 6 nitrogen and oxygen atoms in total. The molecule has 21 heavy (non-hydrogen) atoms. The zero-order valence-corrected chi connectivity index (χ0v) is 13.8. The van der Waals surface area contributed by atoms with Crippen molar-refractivity contribution >= 4 is 11.8 Å². The van der Waals surface area contributed by atoms with Crippen LogP contribution in [0.15, 0.2) is 6.07 Å². The van der Waals surface area contributed by atoms with E-state index in [1.807, 2.05) is 19.9 Å². The molecule has 1 N–H and O–H groups in total. The van der Waals surface area contributed by atoms with Gasteiger partial charge in [0.2, 0.25) is 5.91 Å². The molecule has 6 heteroatoms. The lowest BCUT2D eigenvalue weighted by Crippen LogP contribution is -2.39. The number of hydrogen-bond acceptors (Lipinski definition) is 3. The van der Waals surface area contributed by atoms with Crippen molar-refractivity contribution in [2.45, 2.75) is 52.6 Å². The number of amides is 2. The predicted octanol–water partition coefficient (Wildman–Crippen LogP) is 1.62. The minimum atomic E-state index is -0.167. The molecule has 1 rings (SSSR count). The largest absolute Gasteiger partial charge is 0.359 e. The van der Waals surface area contributed by atoms with Crippen LogP contribution in [0, 0.1) is 0 Å². The molecule has 1 aromatic heterocycles. The number of aromatic nitrogens is 2. The minimum Gasteiger partial charge on any atom is -0.359 e. The molecular weight excluding hydrogens is 268 g/mol. The molecule has 118 valence electrons. The number of nitrogens with zero attached hydrogens (tertiary/aromatic N) is 3. The Morgan fingerprint density at radius 2 is 2.00 bits per heavy atom. The van der Waals surface area contributed by atoms with Gasteiger partial charge in [0, 0.05) is 33.1 Å². The van der Waals surface area contributed by atoms with E-state index in [9.17, 15) is 9.59 Å². The molecule has 0 aliphatic heterocycles. The molecule has 0 aromatic carbocycles. The van der Waals surface area contributed by atoms with E-state index in [1.165, 1.54) is 0 Å². The molecule has 0 bridgehead atoms. The third kappa shape index (κ3) is 4.06. The van der Waals surface area contributed by atoms with E-state index in [-0.39, 0.29) is 30.2 Å². The van der Waals surface area contributed by atoms with E-state index in [2.05, 4.69) is 24.3 Å². The third-order valence-corrected chi connectivity index (χ3v) is 3.65. The lowest BCUT2D eigenvalue weighted by atomic mass is 10.1. The first-order valence-corrected chi connectivity index (χ1v) is 7.37. The van der Waals surface area contributed by atoms with Crippen molar-refractivity contribution in [2.75, 3.05) is 14.1 Å². The summed E-state index contributed by atoms with van der Waals surface area (Å²) in [6.07, 6.45) is 0.288. The molecule has 0 aliphatic rings. The third-order valence-electron chi connectivity index (χ3n) is 3.65. The van der Waals surface area contributed by atoms with Crippen LogP contribution < -0.4 is 5.32 Å². The lowest BCUT2D eigenvalue weighted by Gasteiger charge is -2.24. The van der Waals surface area contributed by atoms with Gasteiger partial charge in [-0.15, -0.1) is 0 Å². The molecule has 0 aliphatic carbocycles. The van der Waals surface area contributed by atoms with Crippen molar-refractivity contribution < 1.29 is 9.59 Å². The van der Waals surface area contributed by atoms with Crippen molar-refractivity contribution in [1.82, 2.24) is 20.0 Å². The Kier molecular flexibility index (Phi) is 5.93. The average Bonchev–Trinajstić information content (AvgIpc) is 2.89. The normalized spacial score (nSPS) is 12.3. The SMILES string of the molecule is CCn1nc(C(C)C)cc1C(=O)N(C)C(C)CC(=O)NC. The first-order valence-electron chi connectivity index (χ1n) is 7.37. The predicted molar refractivity (Wildman–Crippen MR) is 82.2 cm³/mol. The van der Waals surface area contributed by atoms with Gasteiger partial charge in [0.05, 0.1) is 5.69 Å². The van der Waals surface area contributed by atoms with Crippen LogP contribution in [0.25, 0.3) is 0 Å². The molecule has 0 saturated heterocycles. The van der Waals surface area contributed by atoms with Gasteiger partial charge in [0.15, 0.2) is 0 Å². The second-order valence-corrected chi connectivity index (χ2v) is 5.57. The van der Waals surface area contributed by atoms with Gasteiger partial charge in [-0.2, -0.15) is 5.10 Å². The molecule has 0 saturated carbocycles. The summed E-state index contributed by atoms with van der Waals surface area (Å²) in [4.78, 5) is 25.6. The number of nitrogens with one attached hydrogen (secondary N) is 1. The summed E-state index contributed by atoms with van der Waals surface area (Å²) in [5.74, 6) is 0.0969. The zero-order chi connectivity index (χ0) is 16.2. The van der Waals surface area contributed by atoms with Gasteiger partial charge in [-0.05, 0) is 25.8 Å². The highest BCUT2D eigenvalue weighted by atomic mass is 16.2. The minimum absolute atomic E-state index is 0.0750. The highest BCUT2D eigenvalue weighted by molar-refractivity contribution is 5.93. The molecule has 1 heterocycles. The molecule has 1 unspecified atom stereocenters. The van der Waals surface area contributed by atoms with Crippen LogP contribution in [-0.2, 0) is 11.3 Å². The van der Waals surface area contributed by atoms with Crippen molar-refractivity contribution in [1.29, 1.82) is 0 Å². The van der Waals surface area contributed by atoms with E-state index in [0.29, 0.717) is 12.2 Å². The first kappa shape index (κ1) is 17.2. The Bertz CT molecular complexity index is 508. The van der Waals surface area contributed by atoms with E-state index in [1.54, 1.807) is 23.7 Å². The van der Waals surface area contributed by atoms with E-state index < -0.39 is 0 Å². The molecule has 0 spiro atoms. The summed E-state index contributed by atoms with van der Waals surface area (Å²) >= 11 is 0. The lowest BCUT2D eigenvalue weighted by molar-refractivity contribution is -0.121. The topological polar surface area (TPSA) is 67.2 Å². The molecular formula is C15H26N4O2. The van der Waals surface area contributed by atoms with Crippen LogP contribution in [0.2, 0.25) is 0 Å². The summed E-state index contributed by atoms with van der Waals surface area (Å²) in [5.41, 5.74) is 1.49. The summed E-state index contributed by atoms with van der Waals surface area (Å²) in [7, 11) is 3.32. The fourth-order valence-electron chi connectivity index (χ4n) is 2.02. The number of rotatable bonds is 6. The van der Waals surface area contributed by atoms with Gasteiger partial charge in [-0.25, -0.2) is 0 Å². The van der Waals surface area contributed by atoms with Crippen molar-refractivity contribution in [3.63, 3.8) is 0 Å². The monoisotopic (exact) mass is 294 g/mol. The smallest absolute Gasteiger partial charge is 0.272 e. The maximum atomic E-state index is 12.6. The number of aryl methyl sites for hydroxylation is 1. The molecule has 0 radical (unpaired) electrons. The van der Waals surface area contributed by atoms with Crippen LogP contribution >= 0.6 is 0 Å². The van der Waals surface area contributed by atoms with Crippen LogP contribution in [-0.4, -0.2) is 46.6 Å². The maximum absolute atomic E-state index is 12.6. The first-order chi connectivity index (χ1) is 9.81. The second-order valence-electron chi connectivity index (χ2n) is 5.57. The van der Waals surface area contributed by atoms with Crippen molar-refractivity contribution in [3.8, 4) is 0 Å². The number of carbonyl (C=O) groups excluding carboxylic acids is 2. The summed E-state index contributed by atoms with van der Waals surface area (Å²) in [5, 5.41) is 7.03. The summed E-state index contributed by atoms with van der Waals surface area (Å²) < 4.78 is 1.72. The maximum Gasteiger partial charge on any atom is 0.272 e. The average molecular weight is 294 g/mol. The van der Waals surface area contributed by atoms with Gasteiger partial charge in [0.25, 0.3) is 5.91 Å². The van der Waals surface area contributed by atoms with Gasteiger partial charge >= 0.3 is 0 Å². The summed E-state index contributed by atoms with van der Waals surface area (Å²) in [6.45, 7) is 8.57.